The molecule has 0 amide bonds. The van der Waals surface area contributed by atoms with Crippen molar-refractivity contribution in [3.8, 4) is 0 Å². The summed E-state index contributed by atoms with van der Waals surface area (Å²) in [6, 6.07) is 4.34. The fourth-order valence-electron chi connectivity index (χ4n) is 2.21. The maximum atomic E-state index is 10.9. The van der Waals surface area contributed by atoms with Crippen LogP contribution in [0.2, 0.25) is 0 Å². The summed E-state index contributed by atoms with van der Waals surface area (Å²) < 4.78 is 1.99. The average molecular weight is 261 g/mol. The molecule has 0 spiro atoms. The standard InChI is InChI=1S/C14H19N3O2/c1-14(2,3)13-16-9-6-5-8(11(15)12(18)19)7-10(9)17(13)4/h5-7,11H,15H2,1-4H3,(H,18,19). The first-order chi connectivity index (χ1) is 8.71. The minimum atomic E-state index is -1.03. The zero-order valence-electron chi connectivity index (χ0n) is 11.6. The first kappa shape index (κ1) is 13.5. The van der Waals surface area contributed by atoms with E-state index in [2.05, 4.69) is 25.8 Å². The molecular formula is C14H19N3O2. The number of benzene rings is 1. The van der Waals surface area contributed by atoms with Crippen molar-refractivity contribution in [2.24, 2.45) is 12.8 Å². The summed E-state index contributed by atoms with van der Waals surface area (Å²) in [7, 11) is 1.94. The van der Waals surface area contributed by atoms with E-state index in [1.807, 2.05) is 17.7 Å². The van der Waals surface area contributed by atoms with Gasteiger partial charge in [-0.15, -0.1) is 0 Å². The van der Waals surface area contributed by atoms with Crippen LogP contribution in [-0.4, -0.2) is 20.6 Å². The van der Waals surface area contributed by atoms with Gasteiger partial charge in [-0.1, -0.05) is 26.8 Å². The number of carbonyl (C=O) groups is 1. The molecule has 0 saturated carbocycles. The van der Waals surface area contributed by atoms with Crippen molar-refractivity contribution in [1.82, 2.24) is 9.55 Å². The van der Waals surface area contributed by atoms with Gasteiger partial charge in [0.15, 0.2) is 0 Å². The maximum Gasteiger partial charge on any atom is 0.325 e. The Balaban J connectivity index is 2.61. The van der Waals surface area contributed by atoms with E-state index in [0.717, 1.165) is 16.9 Å². The topological polar surface area (TPSA) is 81.1 Å². The highest BCUT2D eigenvalue weighted by molar-refractivity contribution is 5.81. The molecule has 0 bridgehead atoms. The molecule has 1 aromatic heterocycles. The smallest absolute Gasteiger partial charge is 0.325 e. The van der Waals surface area contributed by atoms with Crippen molar-refractivity contribution in [3.05, 3.63) is 29.6 Å². The summed E-state index contributed by atoms with van der Waals surface area (Å²) in [5.74, 6) is -0.0684. The van der Waals surface area contributed by atoms with Gasteiger partial charge in [-0.25, -0.2) is 4.98 Å². The van der Waals surface area contributed by atoms with Crippen molar-refractivity contribution in [1.29, 1.82) is 0 Å². The summed E-state index contributed by atoms with van der Waals surface area (Å²) in [6.07, 6.45) is 0. The van der Waals surface area contributed by atoms with E-state index in [1.54, 1.807) is 12.1 Å². The third kappa shape index (κ3) is 2.33. The highest BCUT2D eigenvalue weighted by Crippen LogP contribution is 2.26. The van der Waals surface area contributed by atoms with Gasteiger partial charge in [-0.2, -0.15) is 0 Å². The highest BCUT2D eigenvalue weighted by Gasteiger charge is 2.22. The van der Waals surface area contributed by atoms with Crippen LogP contribution in [0.1, 0.15) is 38.2 Å². The number of carboxylic acids is 1. The molecule has 1 aromatic carbocycles. The monoisotopic (exact) mass is 261 g/mol. The van der Waals surface area contributed by atoms with Crippen LogP contribution in [0.3, 0.4) is 0 Å². The number of nitrogens with two attached hydrogens (primary N) is 1. The van der Waals surface area contributed by atoms with Gasteiger partial charge in [0, 0.05) is 12.5 Å². The fourth-order valence-corrected chi connectivity index (χ4v) is 2.21. The predicted octanol–water partition coefficient (Wildman–Crippen LogP) is 1.96. The number of aromatic nitrogens is 2. The van der Waals surface area contributed by atoms with E-state index in [9.17, 15) is 4.79 Å². The van der Waals surface area contributed by atoms with Crippen molar-refractivity contribution in [3.63, 3.8) is 0 Å². The predicted molar refractivity (Wildman–Crippen MR) is 74.0 cm³/mol. The Morgan fingerprint density at radius 1 is 1.42 bits per heavy atom. The van der Waals surface area contributed by atoms with Gasteiger partial charge in [-0.05, 0) is 17.7 Å². The Hall–Kier alpha value is -1.88. The molecule has 0 fully saturated rings. The summed E-state index contributed by atoms with van der Waals surface area (Å²) in [5, 5.41) is 8.96. The number of aryl methyl sites for hydroxylation is 1. The summed E-state index contributed by atoms with van der Waals surface area (Å²) in [4.78, 5) is 15.5. The van der Waals surface area contributed by atoms with Gasteiger partial charge in [0.2, 0.25) is 0 Å². The van der Waals surface area contributed by atoms with E-state index in [-0.39, 0.29) is 5.41 Å². The lowest BCUT2D eigenvalue weighted by Crippen LogP contribution is -2.20. The van der Waals surface area contributed by atoms with Crippen molar-refractivity contribution < 1.29 is 9.90 Å². The van der Waals surface area contributed by atoms with Crippen molar-refractivity contribution >= 4 is 17.0 Å². The third-order valence-corrected chi connectivity index (χ3v) is 3.20. The Kier molecular flexibility index (Phi) is 3.10. The van der Waals surface area contributed by atoms with Crippen LogP contribution in [0, 0.1) is 0 Å². The first-order valence-corrected chi connectivity index (χ1v) is 6.17. The molecule has 0 saturated heterocycles. The molecule has 1 heterocycles. The summed E-state index contributed by atoms with van der Waals surface area (Å²) in [5.41, 5.74) is 7.92. The molecule has 0 aliphatic rings. The van der Waals surface area contributed by atoms with Crippen LogP contribution in [0.25, 0.3) is 11.0 Å². The number of nitrogens with zero attached hydrogens (tertiary/aromatic N) is 2. The van der Waals surface area contributed by atoms with Gasteiger partial charge < -0.3 is 15.4 Å². The van der Waals surface area contributed by atoms with Gasteiger partial charge in [0.05, 0.1) is 11.0 Å². The molecule has 2 rings (SSSR count). The fraction of sp³-hybridized carbons (Fsp3) is 0.429. The molecule has 5 heteroatoms. The lowest BCUT2D eigenvalue weighted by atomic mass is 9.96. The number of hydrogen-bond acceptors (Lipinski definition) is 3. The van der Waals surface area contributed by atoms with E-state index in [1.165, 1.54) is 0 Å². The van der Waals surface area contributed by atoms with Crippen LogP contribution < -0.4 is 5.73 Å². The summed E-state index contributed by atoms with van der Waals surface area (Å²) in [6.45, 7) is 6.29. The molecule has 5 nitrogen and oxygen atoms in total. The molecule has 1 unspecified atom stereocenters. The average Bonchev–Trinajstić information content (AvgIpc) is 2.65. The molecule has 0 aliphatic heterocycles. The maximum absolute atomic E-state index is 10.9. The quantitative estimate of drug-likeness (QED) is 0.865. The van der Waals surface area contributed by atoms with Crippen LogP contribution >= 0.6 is 0 Å². The van der Waals surface area contributed by atoms with E-state index >= 15 is 0 Å². The zero-order chi connectivity index (χ0) is 14.4. The van der Waals surface area contributed by atoms with Crippen LogP contribution in [0.15, 0.2) is 18.2 Å². The molecule has 19 heavy (non-hydrogen) atoms. The van der Waals surface area contributed by atoms with Gasteiger partial charge in [-0.3, -0.25) is 4.79 Å². The number of carboxylic acid groups (broad SMARTS) is 1. The minimum Gasteiger partial charge on any atom is -0.480 e. The third-order valence-electron chi connectivity index (χ3n) is 3.20. The molecule has 1 atom stereocenters. The first-order valence-electron chi connectivity index (χ1n) is 6.17. The summed E-state index contributed by atoms with van der Waals surface area (Å²) >= 11 is 0. The largest absolute Gasteiger partial charge is 0.480 e. The van der Waals surface area contributed by atoms with Crippen LogP contribution in [0.5, 0.6) is 0 Å². The lowest BCUT2D eigenvalue weighted by Gasteiger charge is -2.17. The lowest BCUT2D eigenvalue weighted by molar-refractivity contribution is -0.138. The van der Waals surface area contributed by atoms with Crippen LogP contribution in [0.4, 0.5) is 0 Å². The number of fused-ring (bicyclic) bond motifs is 1. The molecular weight excluding hydrogens is 242 g/mol. The highest BCUT2D eigenvalue weighted by atomic mass is 16.4. The molecule has 0 aliphatic carbocycles. The Labute approximate surface area is 112 Å². The second-order valence-electron chi connectivity index (χ2n) is 5.81. The van der Waals surface area contributed by atoms with Crippen LogP contribution in [-0.2, 0) is 17.3 Å². The molecule has 3 N–H and O–H groups in total. The second kappa shape index (κ2) is 4.35. The van der Waals surface area contributed by atoms with Gasteiger partial charge in [0.25, 0.3) is 0 Å². The Bertz CT molecular complexity index is 638. The normalized spacial score (nSPS) is 13.7. The molecule has 0 radical (unpaired) electrons. The second-order valence-corrected chi connectivity index (χ2v) is 5.81. The minimum absolute atomic E-state index is 0.0666. The molecule has 102 valence electrons. The van der Waals surface area contributed by atoms with E-state index in [4.69, 9.17) is 10.8 Å². The van der Waals surface area contributed by atoms with Crippen molar-refractivity contribution in [2.75, 3.05) is 0 Å². The zero-order valence-corrected chi connectivity index (χ0v) is 11.6. The van der Waals surface area contributed by atoms with E-state index in [0.29, 0.717) is 5.56 Å². The number of imidazole rings is 1. The molecule has 2 aromatic rings. The number of aliphatic carboxylic acids is 1. The SMILES string of the molecule is Cn1c(C(C)(C)C)nc2ccc(C(N)C(=O)O)cc21. The Morgan fingerprint density at radius 2 is 2.05 bits per heavy atom. The number of rotatable bonds is 2. The Morgan fingerprint density at radius 3 is 2.58 bits per heavy atom. The van der Waals surface area contributed by atoms with Gasteiger partial charge in [0.1, 0.15) is 11.9 Å². The van der Waals surface area contributed by atoms with Crippen molar-refractivity contribution in [2.45, 2.75) is 32.2 Å². The van der Waals surface area contributed by atoms with E-state index < -0.39 is 12.0 Å². The van der Waals surface area contributed by atoms with Gasteiger partial charge >= 0.3 is 5.97 Å². The number of hydrogen-bond donors (Lipinski definition) is 2.